The summed E-state index contributed by atoms with van der Waals surface area (Å²) in [5, 5.41) is 0. The van der Waals surface area contributed by atoms with Gasteiger partial charge in [0.25, 0.3) is 0 Å². The zero-order valence-electron chi connectivity index (χ0n) is 46.0. The van der Waals surface area contributed by atoms with Gasteiger partial charge in [-0.3, -0.25) is 14.4 Å². The third-order valence-corrected chi connectivity index (χ3v) is 12.6. The Kier molecular flexibility index (Phi) is 55.3. The summed E-state index contributed by atoms with van der Waals surface area (Å²) in [5.74, 6) is -0.900. The highest BCUT2D eigenvalue weighted by molar-refractivity contribution is 5.71. The topological polar surface area (TPSA) is 78.9 Å². The molecular weight excluding hydrogens is 865 g/mol. The fourth-order valence-electron chi connectivity index (χ4n) is 8.19. The summed E-state index contributed by atoms with van der Waals surface area (Å²) in [6.07, 6.45) is 75.7. The van der Waals surface area contributed by atoms with Crippen LogP contribution < -0.4 is 0 Å². The summed E-state index contributed by atoms with van der Waals surface area (Å²) < 4.78 is 16.9. The van der Waals surface area contributed by atoms with Crippen LogP contribution >= 0.6 is 0 Å². The highest BCUT2D eigenvalue weighted by Gasteiger charge is 2.19. The van der Waals surface area contributed by atoms with E-state index in [0.717, 1.165) is 116 Å². The minimum atomic E-state index is -0.786. The highest BCUT2D eigenvalue weighted by atomic mass is 16.6. The third-order valence-electron chi connectivity index (χ3n) is 12.6. The second-order valence-corrected chi connectivity index (χ2v) is 19.5. The Morgan fingerprint density at radius 3 is 0.914 bits per heavy atom. The molecule has 0 saturated heterocycles. The van der Waals surface area contributed by atoms with Crippen LogP contribution in [0.1, 0.15) is 284 Å². The molecule has 70 heavy (non-hydrogen) atoms. The number of carbonyl (C=O) groups is 3. The predicted octanol–water partition coefficient (Wildman–Crippen LogP) is 19.9. The Morgan fingerprint density at radius 1 is 0.300 bits per heavy atom. The molecule has 0 N–H and O–H groups in total. The zero-order chi connectivity index (χ0) is 50.7. The fourth-order valence-corrected chi connectivity index (χ4v) is 8.19. The smallest absolute Gasteiger partial charge is 0.306 e. The molecule has 402 valence electrons. The maximum Gasteiger partial charge on any atom is 0.306 e. The molecule has 0 rings (SSSR count). The summed E-state index contributed by atoms with van der Waals surface area (Å²) in [7, 11) is 0. The largest absolute Gasteiger partial charge is 0.462 e. The van der Waals surface area contributed by atoms with Gasteiger partial charge in [0.05, 0.1) is 0 Å². The molecule has 0 saturated carbocycles. The lowest BCUT2D eigenvalue weighted by molar-refractivity contribution is -0.167. The van der Waals surface area contributed by atoms with Crippen molar-refractivity contribution in [2.24, 2.45) is 0 Å². The average molecular weight is 976 g/mol. The highest BCUT2D eigenvalue weighted by Crippen LogP contribution is 2.16. The van der Waals surface area contributed by atoms with Crippen LogP contribution in [-0.4, -0.2) is 37.2 Å². The van der Waals surface area contributed by atoms with Gasteiger partial charge in [0.2, 0.25) is 0 Å². The molecule has 6 nitrogen and oxygen atoms in total. The van der Waals surface area contributed by atoms with E-state index in [1.807, 2.05) is 0 Å². The van der Waals surface area contributed by atoms with Crippen LogP contribution in [0.5, 0.6) is 0 Å². The maximum absolute atomic E-state index is 12.9. The van der Waals surface area contributed by atoms with E-state index in [0.29, 0.717) is 19.3 Å². The van der Waals surface area contributed by atoms with Gasteiger partial charge in [-0.25, -0.2) is 0 Å². The lowest BCUT2D eigenvalue weighted by atomic mass is 10.0. The van der Waals surface area contributed by atoms with E-state index in [1.54, 1.807) is 0 Å². The molecule has 0 amide bonds. The molecule has 0 aliphatic rings. The first-order chi connectivity index (χ1) is 34.5. The minimum absolute atomic E-state index is 0.0851. The van der Waals surface area contributed by atoms with Gasteiger partial charge in [0.15, 0.2) is 6.10 Å². The summed E-state index contributed by atoms with van der Waals surface area (Å²) >= 11 is 0. The average Bonchev–Trinajstić information content (AvgIpc) is 3.36. The van der Waals surface area contributed by atoms with E-state index >= 15 is 0 Å². The maximum atomic E-state index is 12.9. The second-order valence-electron chi connectivity index (χ2n) is 19.5. The number of unbranched alkanes of at least 4 members (excludes halogenated alkanes) is 28. The van der Waals surface area contributed by atoms with Crippen LogP contribution in [0, 0.1) is 0 Å². The van der Waals surface area contributed by atoms with Gasteiger partial charge < -0.3 is 14.2 Å². The molecule has 0 radical (unpaired) electrons. The number of rotatable bonds is 53. The number of hydrogen-bond acceptors (Lipinski definition) is 6. The summed E-state index contributed by atoms with van der Waals surface area (Å²) in [4.78, 5) is 38.2. The summed E-state index contributed by atoms with van der Waals surface area (Å²) in [5.41, 5.74) is 0. The van der Waals surface area contributed by atoms with E-state index in [4.69, 9.17) is 14.2 Å². The van der Waals surface area contributed by atoms with Crippen molar-refractivity contribution in [1.29, 1.82) is 0 Å². The monoisotopic (exact) mass is 975 g/mol. The van der Waals surface area contributed by atoms with Crippen LogP contribution in [0.3, 0.4) is 0 Å². The standard InChI is InChI=1S/C64H110O6/c1-4-7-10-13-16-19-22-25-28-29-30-31-32-33-34-35-37-39-42-45-48-51-54-57-63(66)69-60-61(59-68-62(65)56-53-50-47-44-41-38-27-24-21-18-15-12-9-6-3)70-64(67)58-55-52-49-46-43-40-36-26-23-20-17-14-11-8-5-2/h7,10,15-16,18-19,24-25,27-28,30-31,33-34,61H,4-6,8-9,11-14,17,20-23,26,29,32,35-60H2,1-3H3/b10-7-,18-15-,19-16-,27-24-,28-25-,31-30-,34-33-. The summed E-state index contributed by atoms with van der Waals surface area (Å²) in [6, 6.07) is 0. The van der Waals surface area contributed by atoms with Crippen molar-refractivity contribution < 1.29 is 28.6 Å². The van der Waals surface area contributed by atoms with Crippen LogP contribution in [-0.2, 0) is 28.6 Å². The Labute approximate surface area is 433 Å². The minimum Gasteiger partial charge on any atom is -0.462 e. The molecule has 0 aromatic rings. The predicted molar refractivity (Wildman–Crippen MR) is 302 cm³/mol. The van der Waals surface area contributed by atoms with Gasteiger partial charge in [-0.15, -0.1) is 0 Å². The second kappa shape index (κ2) is 58.2. The molecule has 0 bridgehead atoms. The Bertz CT molecular complexity index is 1350. The fraction of sp³-hybridized carbons (Fsp3) is 0.734. The quantitative estimate of drug-likeness (QED) is 0.0261. The van der Waals surface area contributed by atoms with E-state index in [9.17, 15) is 14.4 Å². The van der Waals surface area contributed by atoms with Gasteiger partial charge in [-0.05, 0) is 89.9 Å². The van der Waals surface area contributed by atoms with Crippen molar-refractivity contribution in [2.45, 2.75) is 290 Å². The van der Waals surface area contributed by atoms with Gasteiger partial charge in [0, 0.05) is 19.3 Å². The first kappa shape index (κ1) is 66.6. The van der Waals surface area contributed by atoms with Crippen LogP contribution in [0.15, 0.2) is 85.1 Å². The first-order valence-electron chi connectivity index (χ1n) is 29.6. The summed E-state index contributed by atoms with van der Waals surface area (Å²) in [6.45, 7) is 6.49. The van der Waals surface area contributed by atoms with Gasteiger partial charge in [-0.1, -0.05) is 260 Å². The SMILES string of the molecule is CC/C=C\C/C=C\C/C=C\C/C=C\C/C=C\CCCCCCCCCC(=O)OCC(COC(=O)CCCCCCC/C=C\C/C=C\CCCC)OC(=O)CCCCCCCCCCCCCCCCC. The first-order valence-corrected chi connectivity index (χ1v) is 29.6. The number of ether oxygens (including phenoxy) is 3. The van der Waals surface area contributed by atoms with Crippen LogP contribution in [0.2, 0.25) is 0 Å². The number of carbonyl (C=O) groups excluding carboxylic acids is 3. The molecule has 0 spiro atoms. The molecule has 0 aliphatic carbocycles. The number of esters is 3. The molecule has 6 heteroatoms. The lowest BCUT2D eigenvalue weighted by Crippen LogP contribution is -2.30. The molecule has 1 atom stereocenters. The Morgan fingerprint density at radius 2 is 0.571 bits per heavy atom. The van der Waals surface area contributed by atoms with Crippen molar-refractivity contribution >= 4 is 17.9 Å². The van der Waals surface area contributed by atoms with Gasteiger partial charge >= 0.3 is 17.9 Å². The van der Waals surface area contributed by atoms with E-state index in [2.05, 4.69) is 106 Å². The van der Waals surface area contributed by atoms with Crippen LogP contribution in [0.25, 0.3) is 0 Å². The number of allylic oxidation sites excluding steroid dienone is 14. The molecular formula is C64H110O6. The molecule has 0 aliphatic heterocycles. The van der Waals surface area contributed by atoms with Crippen molar-refractivity contribution in [3.63, 3.8) is 0 Å². The van der Waals surface area contributed by atoms with Crippen molar-refractivity contribution in [1.82, 2.24) is 0 Å². The lowest BCUT2D eigenvalue weighted by Gasteiger charge is -2.18. The molecule has 1 unspecified atom stereocenters. The molecule has 0 heterocycles. The third kappa shape index (κ3) is 55.5. The van der Waals surface area contributed by atoms with Crippen molar-refractivity contribution in [3.05, 3.63) is 85.1 Å². The van der Waals surface area contributed by atoms with Crippen molar-refractivity contribution in [2.75, 3.05) is 13.2 Å². The molecule has 0 aromatic heterocycles. The molecule has 0 aromatic carbocycles. The Balaban J connectivity index is 4.37. The van der Waals surface area contributed by atoms with Gasteiger partial charge in [0.1, 0.15) is 13.2 Å². The van der Waals surface area contributed by atoms with Crippen molar-refractivity contribution in [3.8, 4) is 0 Å². The van der Waals surface area contributed by atoms with Gasteiger partial charge in [-0.2, -0.15) is 0 Å². The normalized spacial score (nSPS) is 12.7. The van der Waals surface area contributed by atoms with E-state index < -0.39 is 6.10 Å². The Hall–Kier alpha value is -3.41. The van der Waals surface area contributed by atoms with Crippen LogP contribution in [0.4, 0.5) is 0 Å². The zero-order valence-corrected chi connectivity index (χ0v) is 46.0. The van der Waals surface area contributed by atoms with E-state index in [-0.39, 0.29) is 31.1 Å². The number of hydrogen-bond donors (Lipinski definition) is 0. The molecule has 0 fully saturated rings. The van der Waals surface area contributed by atoms with E-state index in [1.165, 1.54) is 128 Å².